The van der Waals surface area contributed by atoms with Gasteiger partial charge in [-0.15, -0.1) is 0 Å². The Bertz CT molecular complexity index is 239. The lowest BCUT2D eigenvalue weighted by Gasteiger charge is -2.25. The Hall–Kier alpha value is -0.530. The maximum Gasteiger partial charge on any atom is 0.0965 e. The molecule has 1 fully saturated rings. The summed E-state index contributed by atoms with van der Waals surface area (Å²) >= 11 is 0. The van der Waals surface area contributed by atoms with Gasteiger partial charge in [0.1, 0.15) is 0 Å². The van der Waals surface area contributed by atoms with E-state index in [0.717, 1.165) is 12.5 Å². The molecule has 1 aliphatic carbocycles. The van der Waals surface area contributed by atoms with Crippen molar-refractivity contribution in [2.45, 2.75) is 77.2 Å². The summed E-state index contributed by atoms with van der Waals surface area (Å²) in [6.45, 7) is 3.41. The van der Waals surface area contributed by atoms with Crippen molar-refractivity contribution < 1.29 is 0 Å². The molecule has 2 rings (SSSR count). The van der Waals surface area contributed by atoms with Gasteiger partial charge in [0, 0.05) is 19.0 Å². The van der Waals surface area contributed by atoms with Gasteiger partial charge in [-0.3, -0.25) is 4.99 Å². The number of hydrogen-bond donors (Lipinski definition) is 1. The van der Waals surface area contributed by atoms with E-state index in [4.69, 9.17) is 0 Å². The molecule has 1 heterocycles. The Labute approximate surface area is 106 Å². The van der Waals surface area contributed by atoms with Crippen LogP contribution in [0.15, 0.2) is 4.99 Å². The zero-order chi connectivity index (χ0) is 11.9. The summed E-state index contributed by atoms with van der Waals surface area (Å²) in [5.74, 6) is 2.17. The Morgan fingerprint density at radius 1 is 1.00 bits per heavy atom. The first-order chi connectivity index (χ1) is 8.36. The quantitative estimate of drug-likeness (QED) is 0.722. The third kappa shape index (κ3) is 4.33. The molecule has 1 aliphatic heterocycles. The predicted molar refractivity (Wildman–Crippen MR) is 74.6 cm³/mol. The lowest BCUT2D eigenvalue weighted by atomic mass is 9.93. The largest absolute Gasteiger partial charge is 0.371 e. The second-order valence-electron chi connectivity index (χ2n) is 5.82. The van der Waals surface area contributed by atoms with Crippen molar-refractivity contribution in [3.05, 3.63) is 0 Å². The van der Waals surface area contributed by atoms with Crippen molar-refractivity contribution in [3.8, 4) is 0 Å². The number of hydrogen-bond acceptors (Lipinski definition) is 2. The number of nitrogens with zero attached hydrogens (tertiary/aromatic N) is 1. The van der Waals surface area contributed by atoms with E-state index in [-0.39, 0.29) is 0 Å². The number of rotatable bonds is 2. The van der Waals surface area contributed by atoms with Gasteiger partial charge in [-0.2, -0.15) is 0 Å². The fourth-order valence-corrected chi connectivity index (χ4v) is 3.18. The molecule has 0 radical (unpaired) electrons. The van der Waals surface area contributed by atoms with E-state index < -0.39 is 0 Å². The van der Waals surface area contributed by atoms with Gasteiger partial charge < -0.3 is 5.32 Å². The fourth-order valence-electron chi connectivity index (χ4n) is 3.18. The lowest BCUT2D eigenvalue weighted by Crippen LogP contribution is -2.38. The molecule has 1 N–H and O–H groups in total. The molecule has 0 spiro atoms. The van der Waals surface area contributed by atoms with Gasteiger partial charge in [-0.25, -0.2) is 0 Å². The van der Waals surface area contributed by atoms with Gasteiger partial charge >= 0.3 is 0 Å². The van der Waals surface area contributed by atoms with E-state index in [1.165, 1.54) is 70.0 Å². The highest BCUT2D eigenvalue weighted by Gasteiger charge is 2.19. The summed E-state index contributed by atoms with van der Waals surface area (Å²) in [5.41, 5.74) is 0. The van der Waals surface area contributed by atoms with Crippen LogP contribution in [0.2, 0.25) is 0 Å². The highest BCUT2D eigenvalue weighted by Crippen LogP contribution is 2.25. The van der Waals surface area contributed by atoms with Gasteiger partial charge in [0.15, 0.2) is 0 Å². The van der Waals surface area contributed by atoms with Crippen LogP contribution >= 0.6 is 0 Å². The molecule has 2 nitrogen and oxygen atoms in total. The van der Waals surface area contributed by atoms with E-state index in [9.17, 15) is 0 Å². The number of amidine groups is 1. The maximum atomic E-state index is 4.69. The summed E-state index contributed by atoms with van der Waals surface area (Å²) in [7, 11) is 0. The standard InChI is InChI=1S/C15H28N2/c1-13(14-9-5-2-3-6-10-14)17-15-11-7-4-8-12-16-15/h13-14H,2-12H2,1H3,(H,16,17)/t13-/m1/s1. The summed E-state index contributed by atoms with van der Waals surface area (Å²) in [6.07, 6.45) is 13.7. The minimum Gasteiger partial charge on any atom is -0.371 e. The van der Waals surface area contributed by atoms with Crippen molar-refractivity contribution >= 4 is 5.84 Å². The van der Waals surface area contributed by atoms with Crippen molar-refractivity contribution in [1.29, 1.82) is 0 Å². The summed E-state index contributed by atoms with van der Waals surface area (Å²) in [6, 6.07) is 0.630. The molecule has 0 aromatic rings. The van der Waals surface area contributed by atoms with Gasteiger partial charge in [0.05, 0.1) is 5.84 Å². The molecule has 2 aliphatic rings. The molecule has 1 atom stereocenters. The monoisotopic (exact) mass is 236 g/mol. The molecule has 0 aromatic carbocycles. The highest BCUT2D eigenvalue weighted by atomic mass is 15.0. The van der Waals surface area contributed by atoms with E-state index in [1.54, 1.807) is 0 Å². The first kappa shape index (κ1) is 12.9. The van der Waals surface area contributed by atoms with Gasteiger partial charge in [0.2, 0.25) is 0 Å². The van der Waals surface area contributed by atoms with Crippen LogP contribution in [0.4, 0.5) is 0 Å². The van der Waals surface area contributed by atoms with Crippen LogP contribution in [0.1, 0.15) is 71.1 Å². The molecule has 0 bridgehead atoms. The SMILES string of the molecule is C[C@@H](NC1=NCCCCC1)C1CCCCCC1. The van der Waals surface area contributed by atoms with Crippen LogP contribution in [0.5, 0.6) is 0 Å². The number of aliphatic imine (C=N–C) groups is 1. The first-order valence-electron chi connectivity index (χ1n) is 7.66. The maximum absolute atomic E-state index is 4.69. The molecule has 2 heteroatoms. The van der Waals surface area contributed by atoms with Crippen LogP contribution in [0, 0.1) is 5.92 Å². The third-order valence-electron chi connectivity index (χ3n) is 4.38. The van der Waals surface area contributed by atoms with Crippen LogP contribution < -0.4 is 5.32 Å². The van der Waals surface area contributed by atoms with E-state index in [1.807, 2.05) is 0 Å². The summed E-state index contributed by atoms with van der Waals surface area (Å²) in [5, 5.41) is 3.71. The minimum atomic E-state index is 0.630. The second-order valence-corrected chi connectivity index (χ2v) is 5.82. The van der Waals surface area contributed by atoms with Crippen molar-refractivity contribution in [1.82, 2.24) is 5.32 Å². The third-order valence-corrected chi connectivity index (χ3v) is 4.38. The molecule has 0 unspecified atom stereocenters. The van der Waals surface area contributed by atoms with Crippen molar-refractivity contribution in [2.75, 3.05) is 6.54 Å². The highest BCUT2D eigenvalue weighted by molar-refractivity contribution is 5.82. The van der Waals surface area contributed by atoms with Crippen LogP contribution in [-0.2, 0) is 0 Å². The molecule has 1 saturated carbocycles. The minimum absolute atomic E-state index is 0.630. The Morgan fingerprint density at radius 2 is 1.71 bits per heavy atom. The molecule has 0 amide bonds. The van der Waals surface area contributed by atoms with Gasteiger partial charge in [0.25, 0.3) is 0 Å². The Kier molecular flexibility index (Phi) is 5.34. The Balaban J connectivity index is 1.81. The first-order valence-corrected chi connectivity index (χ1v) is 7.66. The molecule has 17 heavy (non-hydrogen) atoms. The van der Waals surface area contributed by atoms with Gasteiger partial charge in [-0.05, 0) is 38.5 Å². The van der Waals surface area contributed by atoms with Crippen molar-refractivity contribution in [2.24, 2.45) is 10.9 Å². The van der Waals surface area contributed by atoms with Crippen LogP contribution in [0.3, 0.4) is 0 Å². The second kappa shape index (κ2) is 7.03. The molecule has 0 aromatic heterocycles. The average Bonchev–Trinajstić information content (AvgIpc) is 2.72. The van der Waals surface area contributed by atoms with E-state index in [2.05, 4.69) is 17.2 Å². The number of nitrogens with one attached hydrogen (secondary N) is 1. The normalized spacial score (nSPS) is 25.6. The van der Waals surface area contributed by atoms with Gasteiger partial charge in [-0.1, -0.05) is 32.1 Å². The van der Waals surface area contributed by atoms with Crippen LogP contribution in [-0.4, -0.2) is 18.4 Å². The smallest absolute Gasteiger partial charge is 0.0965 e. The van der Waals surface area contributed by atoms with Crippen LogP contribution in [0.25, 0.3) is 0 Å². The predicted octanol–water partition coefficient (Wildman–Crippen LogP) is 3.91. The van der Waals surface area contributed by atoms with E-state index >= 15 is 0 Å². The molecular weight excluding hydrogens is 208 g/mol. The topological polar surface area (TPSA) is 24.4 Å². The van der Waals surface area contributed by atoms with Crippen molar-refractivity contribution in [3.63, 3.8) is 0 Å². The average molecular weight is 236 g/mol. The molecule has 0 saturated heterocycles. The zero-order valence-electron chi connectivity index (χ0n) is 11.4. The van der Waals surface area contributed by atoms with E-state index in [0.29, 0.717) is 6.04 Å². The lowest BCUT2D eigenvalue weighted by molar-refractivity contribution is 0.368. The Morgan fingerprint density at radius 3 is 2.47 bits per heavy atom. The zero-order valence-corrected chi connectivity index (χ0v) is 11.4. The summed E-state index contributed by atoms with van der Waals surface area (Å²) in [4.78, 5) is 4.69. The fraction of sp³-hybridized carbons (Fsp3) is 0.933. The molecular formula is C15H28N2. The summed E-state index contributed by atoms with van der Waals surface area (Å²) < 4.78 is 0. The molecule has 98 valence electrons.